The number of nitrogens with zero attached hydrogens (tertiary/aromatic N) is 1. The Bertz CT molecular complexity index is 1030. The van der Waals surface area contributed by atoms with Crippen LogP contribution < -0.4 is 10.6 Å². The van der Waals surface area contributed by atoms with E-state index in [0.29, 0.717) is 23.9 Å². The molecule has 1 fully saturated rings. The lowest BCUT2D eigenvalue weighted by atomic mass is 9.90. The van der Waals surface area contributed by atoms with Crippen molar-refractivity contribution in [3.05, 3.63) is 70.3 Å². The number of aryl methyl sites for hydroxylation is 1. The van der Waals surface area contributed by atoms with Gasteiger partial charge in [-0.1, -0.05) is 41.4 Å². The van der Waals surface area contributed by atoms with Crippen LogP contribution in [0.3, 0.4) is 0 Å². The maximum Gasteiger partial charge on any atom is 0.220 e. The van der Waals surface area contributed by atoms with Crippen LogP contribution in [0.2, 0.25) is 10.0 Å². The molecule has 1 saturated carbocycles. The second-order valence-corrected chi connectivity index (χ2v) is 8.72. The predicted octanol–water partition coefficient (Wildman–Crippen LogP) is 6.01. The Balaban J connectivity index is 1.26. The molecule has 0 aliphatic heterocycles. The van der Waals surface area contributed by atoms with Crippen LogP contribution in [-0.2, 0) is 11.2 Å². The number of hydrogen-bond acceptors (Lipinski definition) is 3. The Morgan fingerprint density at radius 3 is 2.57 bits per heavy atom. The van der Waals surface area contributed by atoms with Crippen molar-refractivity contribution in [2.75, 3.05) is 5.32 Å². The molecule has 1 heterocycles. The Labute approximate surface area is 187 Å². The highest BCUT2D eigenvalue weighted by atomic mass is 35.5. The smallest absolute Gasteiger partial charge is 0.220 e. The third-order valence-electron chi connectivity index (χ3n) is 5.74. The van der Waals surface area contributed by atoms with Crippen molar-refractivity contribution in [3.8, 4) is 0 Å². The number of benzene rings is 2. The van der Waals surface area contributed by atoms with Crippen molar-refractivity contribution >= 4 is 45.7 Å². The van der Waals surface area contributed by atoms with Gasteiger partial charge < -0.3 is 10.6 Å². The molecular weight excluding hydrogens is 417 g/mol. The highest BCUT2D eigenvalue weighted by Crippen LogP contribution is 2.28. The number of amides is 1. The third kappa shape index (κ3) is 5.24. The third-order valence-corrected chi connectivity index (χ3v) is 6.34. The minimum Gasteiger partial charge on any atom is -0.382 e. The number of anilines is 1. The summed E-state index contributed by atoms with van der Waals surface area (Å²) in [5.41, 5.74) is 3.00. The van der Waals surface area contributed by atoms with E-state index < -0.39 is 0 Å². The largest absolute Gasteiger partial charge is 0.382 e. The second-order valence-electron chi connectivity index (χ2n) is 7.87. The quantitative estimate of drug-likeness (QED) is 0.491. The normalized spacial score (nSPS) is 18.9. The highest BCUT2D eigenvalue weighted by Gasteiger charge is 2.22. The van der Waals surface area contributed by atoms with Gasteiger partial charge >= 0.3 is 0 Å². The van der Waals surface area contributed by atoms with E-state index in [0.717, 1.165) is 52.9 Å². The first kappa shape index (κ1) is 21.0. The van der Waals surface area contributed by atoms with E-state index >= 15 is 0 Å². The molecular formula is C24H25Cl2N3O. The summed E-state index contributed by atoms with van der Waals surface area (Å²) in [5.74, 6) is 0.100. The van der Waals surface area contributed by atoms with Crippen LogP contribution in [0.5, 0.6) is 0 Å². The van der Waals surface area contributed by atoms with E-state index in [-0.39, 0.29) is 11.9 Å². The maximum absolute atomic E-state index is 12.4. The predicted molar refractivity (Wildman–Crippen MR) is 124 cm³/mol. The number of rotatable bonds is 6. The molecule has 0 radical (unpaired) electrons. The summed E-state index contributed by atoms with van der Waals surface area (Å²) in [7, 11) is 0. The van der Waals surface area contributed by atoms with E-state index in [1.54, 1.807) is 0 Å². The first-order valence-electron chi connectivity index (χ1n) is 10.4. The molecule has 0 spiro atoms. The maximum atomic E-state index is 12.4. The summed E-state index contributed by atoms with van der Waals surface area (Å²) in [6.07, 6.45) is 6.94. The average molecular weight is 442 g/mol. The summed E-state index contributed by atoms with van der Waals surface area (Å²) in [6.45, 7) is 0. The molecule has 4 rings (SSSR count). The Morgan fingerprint density at radius 1 is 1.00 bits per heavy atom. The zero-order valence-electron chi connectivity index (χ0n) is 16.7. The van der Waals surface area contributed by atoms with Gasteiger partial charge in [0.2, 0.25) is 5.91 Å². The van der Waals surface area contributed by atoms with Gasteiger partial charge in [0, 0.05) is 45.8 Å². The van der Waals surface area contributed by atoms with Gasteiger partial charge in [-0.25, -0.2) is 0 Å². The van der Waals surface area contributed by atoms with Gasteiger partial charge in [-0.15, -0.1) is 0 Å². The summed E-state index contributed by atoms with van der Waals surface area (Å²) in [4.78, 5) is 16.8. The molecule has 156 valence electrons. The minimum absolute atomic E-state index is 0.100. The number of halogens is 2. The Morgan fingerprint density at radius 2 is 1.77 bits per heavy atom. The highest BCUT2D eigenvalue weighted by molar-refractivity contribution is 6.31. The molecule has 0 bridgehead atoms. The fraction of sp³-hybridized carbons (Fsp3) is 0.333. The van der Waals surface area contributed by atoms with Gasteiger partial charge in [0.25, 0.3) is 0 Å². The molecule has 30 heavy (non-hydrogen) atoms. The zero-order valence-corrected chi connectivity index (χ0v) is 18.2. The first-order chi connectivity index (χ1) is 14.6. The number of fused-ring (bicyclic) bond motifs is 1. The second kappa shape index (κ2) is 9.67. The van der Waals surface area contributed by atoms with E-state index in [1.807, 2.05) is 54.7 Å². The summed E-state index contributed by atoms with van der Waals surface area (Å²) < 4.78 is 0. The van der Waals surface area contributed by atoms with Crippen molar-refractivity contribution in [1.29, 1.82) is 0 Å². The Kier molecular flexibility index (Phi) is 6.76. The SMILES string of the molecule is O=C(CCc1ccccc1Cl)NC1CCC(Nc2ccnc3cc(Cl)ccc23)CC1. The lowest BCUT2D eigenvalue weighted by Gasteiger charge is -2.30. The standard InChI is InChI=1S/C24H25Cl2N3O/c25-17-6-11-20-22(13-14-27-23(20)15-17)28-18-7-9-19(10-8-18)29-24(30)12-5-16-3-1-2-4-21(16)26/h1-4,6,11,13-15,18-19H,5,7-10,12H2,(H,27,28)(H,29,30). The average Bonchev–Trinajstić information content (AvgIpc) is 2.74. The molecule has 2 aromatic carbocycles. The molecule has 3 aromatic rings. The van der Waals surface area contributed by atoms with Crippen LogP contribution in [0, 0.1) is 0 Å². The van der Waals surface area contributed by atoms with Gasteiger partial charge in [0.05, 0.1) is 5.52 Å². The Hall–Kier alpha value is -2.30. The number of carbonyl (C=O) groups is 1. The van der Waals surface area contributed by atoms with Crippen LogP contribution in [0.1, 0.15) is 37.7 Å². The molecule has 1 aliphatic carbocycles. The lowest BCUT2D eigenvalue weighted by Crippen LogP contribution is -2.40. The molecule has 1 aliphatic rings. The van der Waals surface area contributed by atoms with E-state index in [9.17, 15) is 4.79 Å². The zero-order chi connectivity index (χ0) is 20.9. The van der Waals surface area contributed by atoms with Crippen molar-refractivity contribution in [2.45, 2.75) is 50.6 Å². The summed E-state index contributed by atoms with van der Waals surface area (Å²) in [5, 5.41) is 9.35. The fourth-order valence-electron chi connectivity index (χ4n) is 4.10. The van der Waals surface area contributed by atoms with Crippen molar-refractivity contribution < 1.29 is 4.79 Å². The monoisotopic (exact) mass is 441 g/mol. The van der Waals surface area contributed by atoms with Crippen molar-refractivity contribution in [3.63, 3.8) is 0 Å². The first-order valence-corrected chi connectivity index (χ1v) is 11.2. The number of aromatic nitrogens is 1. The van der Waals surface area contributed by atoms with E-state index in [1.165, 1.54) is 0 Å². The topological polar surface area (TPSA) is 54.0 Å². The summed E-state index contributed by atoms with van der Waals surface area (Å²) >= 11 is 12.3. The molecule has 2 N–H and O–H groups in total. The number of carbonyl (C=O) groups excluding carboxylic acids is 1. The van der Waals surface area contributed by atoms with Gasteiger partial charge in [0.1, 0.15) is 0 Å². The number of hydrogen-bond donors (Lipinski definition) is 2. The van der Waals surface area contributed by atoms with E-state index in [4.69, 9.17) is 23.2 Å². The van der Waals surface area contributed by atoms with Crippen LogP contribution in [0.25, 0.3) is 10.9 Å². The van der Waals surface area contributed by atoms with E-state index in [2.05, 4.69) is 15.6 Å². The molecule has 6 heteroatoms. The van der Waals surface area contributed by atoms with Crippen LogP contribution in [-0.4, -0.2) is 23.0 Å². The van der Waals surface area contributed by atoms with Crippen LogP contribution in [0.15, 0.2) is 54.7 Å². The molecule has 0 atom stereocenters. The molecule has 1 aromatic heterocycles. The lowest BCUT2D eigenvalue weighted by molar-refractivity contribution is -0.122. The number of nitrogens with one attached hydrogen (secondary N) is 2. The van der Waals surface area contributed by atoms with Crippen LogP contribution >= 0.6 is 23.2 Å². The molecule has 1 amide bonds. The number of pyridine rings is 1. The molecule has 0 saturated heterocycles. The molecule has 4 nitrogen and oxygen atoms in total. The van der Waals surface area contributed by atoms with Crippen LogP contribution in [0.4, 0.5) is 5.69 Å². The fourth-order valence-corrected chi connectivity index (χ4v) is 4.49. The van der Waals surface area contributed by atoms with Gasteiger partial charge in [-0.05, 0) is 68.0 Å². The molecule has 0 unspecified atom stereocenters. The van der Waals surface area contributed by atoms with Gasteiger partial charge in [-0.3, -0.25) is 9.78 Å². The summed E-state index contributed by atoms with van der Waals surface area (Å²) in [6, 6.07) is 16.1. The van der Waals surface area contributed by atoms with Gasteiger partial charge in [-0.2, -0.15) is 0 Å². The minimum atomic E-state index is 0.100. The van der Waals surface area contributed by atoms with Crippen molar-refractivity contribution in [2.24, 2.45) is 0 Å². The van der Waals surface area contributed by atoms with Gasteiger partial charge in [0.15, 0.2) is 0 Å². The van der Waals surface area contributed by atoms with Crippen molar-refractivity contribution in [1.82, 2.24) is 10.3 Å².